The number of aromatic nitrogens is 4. The summed E-state index contributed by atoms with van der Waals surface area (Å²) in [5.74, 6) is 1.81. The van der Waals surface area contributed by atoms with Crippen LogP contribution in [0.4, 0.5) is 0 Å². The van der Waals surface area contributed by atoms with Gasteiger partial charge in [0.15, 0.2) is 5.82 Å². The average molecular weight is 253 g/mol. The Bertz CT molecular complexity index is 350. The summed E-state index contributed by atoms with van der Waals surface area (Å²) in [6.07, 6.45) is 5.34. The number of rotatable bonds is 8. The van der Waals surface area contributed by atoms with Crippen LogP contribution < -0.4 is 5.32 Å². The number of nitrogens with one attached hydrogen (secondary N) is 1. The third-order valence-electron chi connectivity index (χ3n) is 3.68. The van der Waals surface area contributed by atoms with Crippen LogP contribution in [0.25, 0.3) is 0 Å². The van der Waals surface area contributed by atoms with Crippen molar-refractivity contribution in [3.63, 3.8) is 0 Å². The lowest BCUT2D eigenvalue weighted by Crippen LogP contribution is -2.26. The van der Waals surface area contributed by atoms with Gasteiger partial charge in [0.25, 0.3) is 0 Å². The largest absolute Gasteiger partial charge is 0.383 e. The molecule has 102 valence electrons. The number of hydrogen-bond acceptors (Lipinski definition) is 5. The molecule has 6 nitrogen and oxygen atoms in total. The van der Waals surface area contributed by atoms with E-state index in [1.165, 1.54) is 25.7 Å². The van der Waals surface area contributed by atoms with Crippen molar-refractivity contribution in [3.05, 3.63) is 5.82 Å². The number of methoxy groups -OCH3 is 1. The molecule has 1 aromatic rings. The molecule has 6 heteroatoms. The maximum absolute atomic E-state index is 5.02. The van der Waals surface area contributed by atoms with Gasteiger partial charge in [0.2, 0.25) is 0 Å². The van der Waals surface area contributed by atoms with E-state index in [9.17, 15) is 0 Å². The van der Waals surface area contributed by atoms with Gasteiger partial charge in [-0.2, -0.15) is 0 Å². The zero-order chi connectivity index (χ0) is 12.8. The highest BCUT2D eigenvalue weighted by molar-refractivity contribution is 4.89. The summed E-state index contributed by atoms with van der Waals surface area (Å²) >= 11 is 0. The third kappa shape index (κ3) is 3.49. The Balaban J connectivity index is 1.81. The van der Waals surface area contributed by atoms with Crippen molar-refractivity contribution < 1.29 is 4.74 Å². The molecular formula is C12H23N5O. The first kappa shape index (κ1) is 13.4. The third-order valence-corrected chi connectivity index (χ3v) is 3.68. The summed E-state index contributed by atoms with van der Waals surface area (Å²) < 4.78 is 6.95. The normalized spacial score (nSPS) is 17.7. The van der Waals surface area contributed by atoms with E-state index in [1.54, 1.807) is 7.11 Å². The second-order valence-electron chi connectivity index (χ2n) is 5.01. The molecule has 0 radical (unpaired) electrons. The minimum absolute atomic E-state index is 0.163. The Hall–Kier alpha value is -1.01. The zero-order valence-electron chi connectivity index (χ0n) is 11.3. The molecule has 1 aromatic heterocycles. The second kappa shape index (κ2) is 6.80. The molecule has 1 aliphatic carbocycles. The van der Waals surface area contributed by atoms with Crippen LogP contribution in [0.15, 0.2) is 0 Å². The lowest BCUT2D eigenvalue weighted by atomic mass is 9.83. The molecule has 18 heavy (non-hydrogen) atoms. The molecule has 0 aliphatic heterocycles. The Labute approximate surface area is 108 Å². The van der Waals surface area contributed by atoms with Gasteiger partial charge >= 0.3 is 0 Å². The molecule has 1 aliphatic rings. The van der Waals surface area contributed by atoms with Crippen molar-refractivity contribution in [1.29, 1.82) is 0 Å². The zero-order valence-corrected chi connectivity index (χ0v) is 11.3. The highest BCUT2D eigenvalue weighted by Crippen LogP contribution is 2.29. The van der Waals surface area contributed by atoms with E-state index in [1.807, 2.05) is 4.68 Å². The minimum Gasteiger partial charge on any atom is -0.383 e. The second-order valence-corrected chi connectivity index (χ2v) is 5.01. The van der Waals surface area contributed by atoms with Crippen LogP contribution in [0.1, 0.15) is 44.5 Å². The highest BCUT2D eigenvalue weighted by atomic mass is 16.5. The van der Waals surface area contributed by atoms with Crippen molar-refractivity contribution >= 4 is 0 Å². The Kier molecular flexibility index (Phi) is 5.07. The lowest BCUT2D eigenvalue weighted by Gasteiger charge is -2.25. The standard InChI is InChI=1S/C12H23N5O/c1-10(13-7-9-18-2)12-14-15-16-17(12)8-6-11-4-3-5-11/h10-11,13H,3-9H2,1-2H3. The maximum atomic E-state index is 5.02. The fourth-order valence-electron chi connectivity index (χ4n) is 2.24. The van der Waals surface area contributed by atoms with Gasteiger partial charge in [-0.15, -0.1) is 5.10 Å². The highest BCUT2D eigenvalue weighted by Gasteiger charge is 2.19. The van der Waals surface area contributed by atoms with Crippen LogP contribution in [0.3, 0.4) is 0 Å². The minimum atomic E-state index is 0.163. The molecule has 0 spiro atoms. The summed E-state index contributed by atoms with van der Waals surface area (Å²) in [6.45, 7) is 4.53. The van der Waals surface area contributed by atoms with Crippen molar-refractivity contribution in [1.82, 2.24) is 25.5 Å². The van der Waals surface area contributed by atoms with Crippen LogP contribution >= 0.6 is 0 Å². The molecule has 2 rings (SSSR count). The first-order chi connectivity index (χ1) is 8.81. The Morgan fingerprint density at radius 3 is 3.00 bits per heavy atom. The quantitative estimate of drug-likeness (QED) is 0.704. The topological polar surface area (TPSA) is 64.9 Å². The summed E-state index contributed by atoms with van der Waals surface area (Å²) in [6, 6.07) is 0.163. The van der Waals surface area contributed by atoms with E-state index < -0.39 is 0 Å². The number of tetrazole rings is 1. The summed E-state index contributed by atoms with van der Waals surface area (Å²) in [5.41, 5.74) is 0. The summed E-state index contributed by atoms with van der Waals surface area (Å²) in [4.78, 5) is 0. The molecule has 1 atom stereocenters. The van der Waals surface area contributed by atoms with E-state index in [2.05, 4.69) is 27.8 Å². The van der Waals surface area contributed by atoms with Crippen LogP contribution in [-0.2, 0) is 11.3 Å². The molecule has 0 saturated heterocycles. The Morgan fingerprint density at radius 1 is 1.50 bits per heavy atom. The molecule has 0 aromatic carbocycles. The van der Waals surface area contributed by atoms with E-state index in [0.29, 0.717) is 6.61 Å². The monoisotopic (exact) mass is 253 g/mol. The van der Waals surface area contributed by atoms with Gasteiger partial charge < -0.3 is 10.1 Å². The molecule has 1 N–H and O–H groups in total. The molecule has 1 saturated carbocycles. The van der Waals surface area contributed by atoms with Crippen molar-refractivity contribution in [2.24, 2.45) is 5.92 Å². The van der Waals surface area contributed by atoms with Crippen molar-refractivity contribution in [3.8, 4) is 0 Å². The summed E-state index contributed by atoms with van der Waals surface area (Å²) in [7, 11) is 1.70. The van der Waals surface area contributed by atoms with Crippen LogP contribution in [0.2, 0.25) is 0 Å². The van der Waals surface area contributed by atoms with Gasteiger partial charge in [-0.25, -0.2) is 4.68 Å². The van der Waals surface area contributed by atoms with E-state index in [-0.39, 0.29) is 6.04 Å². The SMILES string of the molecule is COCCNC(C)c1nnnn1CCC1CCC1. The molecule has 0 amide bonds. The van der Waals surface area contributed by atoms with Crippen molar-refractivity contribution in [2.75, 3.05) is 20.3 Å². The van der Waals surface area contributed by atoms with Gasteiger partial charge in [0.1, 0.15) is 0 Å². The van der Waals surface area contributed by atoms with Gasteiger partial charge in [0.05, 0.1) is 12.6 Å². The smallest absolute Gasteiger partial charge is 0.167 e. The van der Waals surface area contributed by atoms with Crippen LogP contribution in [0, 0.1) is 5.92 Å². The number of nitrogens with zero attached hydrogens (tertiary/aromatic N) is 4. The fourth-order valence-corrected chi connectivity index (χ4v) is 2.24. The number of aryl methyl sites for hydroxylation is 1. The van der Waals surface area contributed by atoms with Crippen molar-refractivity contribution in [2.45, 2.75) is 45.2 Å². The van der Waals surface area contributed by atoms with Crippen LogP contribution in [0.5, 0.6) is 0 Å². The number of hydrogen-bond donors (Lipinski definition) is 1. The summed E-state index contributed by atoms with van der Waals surface area (Å²) in [5, 5.41) is 15.3. The van der Waals surface area contributed by atoms with Gasteiger partial charge in [-0.1, -0.05) is 19.3 Å². The Morgan fingerprint density at radius 2 is 2.33 bits per heavy atom. The van der Waals surface area contributed by atoms with Gasteiger partial charge in [-0.05, 0) is 29.7 Å². The van der Waals surface area contributed by atoms with Gasteiger partial charge in [0, 0.05) is 20.2 Å². The van der Waals surface area contributed by atoms with E-state index >= 15 is 0 Å². The average Bonchev–Trinajstić information content (AvgIpc) is 2.75. The van der Waals surface area contributed by atoms with Gasteiger partial charge in [-0.3, -0.25) is 0 Å². The molecular weight excluding hydrogens is 230 g/mol. The number of ether oxygens (including phenoxy) is 1. The fraction of sp³-hybridized carbons (Fsp3) is 0.917. The lowest BCUT2D eigenvalue weighted by molar-refractivity contribution is 0.195. The maximum Gasteiger partial charge on any atom is 0.167 e. The molecule has 0 bridgehead atoms. The predicted octanol–water partition coefficient (Wildman–Crippen LogP) is 1.16. The first-order valence-corrected chi connectivity index (χ1v) is 6.79. The van der Waals surface area contributed by atoms with E-state index in [4.69, 9.17) is 4.74 Å². The first-order valence-electron chi connectivity index (χ1n) is 6.79. The van der Waals surface area contributed by atoms with E-state index in [0.717, 1.165) is 24.8 Å². The molecule has 1 unspecified atom stereocenters. The predicted molar refractivity (Wildman–Crippen MR) is 68.1 cm³/mol. The molecule has 1 heterocycles. The van der Waals surface area contributed by atoms with Crippen LogP contribution in [-0.4, -0.2) is 40.5 Å². The molecule has 1 fully saturated rings.